The summed E-state index contributed by atoms with van der Waals surface area (Å²) in [5.74, 6) is 0.657. The fraction of sp³-hybridized carbons (Fsp3) is 0.240. The van der Waals surface area contributed by atoms with E-state index in [-0.39, 0.29) is 18.0 Å². The van der Waals surface area contributed by atoms with Gasteiger partial charge in [0.1, 0.15) is 17.0 Å². The van der Waals surface area contributed by atoms with E-state index in [9.17, 15) is 14.4 Å². The van der Waals surface area contributed by atoms with Gasteiger partial charge in [0.05, 0.1) is 24.0 Å². The van der Waals surface area contributed by atoms with Crippen LogP contribution in [0.1, 0.15) is 0 Å². The molecule has 0 radical (unpaired) electrons. The number of para-hydroxylation sites is 3. The van der Waals surface area contributed by atoms with Gasteiger partial charge in [-0.05, 0) is 35.7 Å². The van der Waals surface area contributed by atoms with Crippen LogP contribution in [0.25, 0.3) is 15.9 Å². The molecule has 0 bridgehead atoms. The zero-order valence-corrected chi connectivity index (χ0v) is 19.5. The molecule has 1 amide bonds. The number of thiophene rings is 1. The molecule has 1 fully saturated rings. The van der Waals surface area contributed by atoms with Crippen molar-refractivity contribution in [3.05, 3.63) is 86.9 Å². The molecule has 2 aromatic heterocycles. The predicted octanol–water partition coefficient (Wildman–Crippen LogP) is 2.57. The lowest BCUT2D eigenvalue weighted by atomic mass is 10.2. The Morgan fingerprint density at radius 1 is 0.941 bits per heavy atom. The molecule has 3 heterocycles. The topological polar surface area (TPSA) is 76.8 Å². The number of amides is 1. The van der Waals surface area contributed by atoms with Crippen LogP contribution in [0, 0.1) is 0 Å². The first-order valence-corrected chi connectivity index (χ1v) is 11.9. The maximum Gasteiger partial charge on any atom is 0.336 e. The SMILES string of the molecule is COc1ccccc1N1CCN(C(=O)Cn2c(=O)n(-c3ccccc3)c(=O)c3sccc32)CC1. The molecule has 1 saturated heterocycles. The van der Waals surface area contributed by atoms with Crippen molar-refractivity contribution in [2.45, 2.75) is 6.54 Å². The van der Waals surface area contributed by atoms with Crippen LogP contribution in [0.4, 0.5) is 5.69 Å². The highest BCUT2D eigenvalue weighted by molar-refractivity contribution is 7.17. The second kappa shape index (κ2) is 9.18. The van der Waals surface area contributed by atoms with Gasteiger partial charge in [-0.2, -0.15) is 0 Å². The first-order chi connectivity index (χ1) is 16.6. The number of hydrogen-bond acceptors (Lipinski definition) is 6. The van der Waals surface area contributed by atoms with E-state index in [1.807, 2.05) is 30.3 Å². The number of carbonyl (C=O) groups excluding carboxylic acids is 1. The van der Waals surface area contributed by atoms with Gasteiger partial charge in [0.2, 0.25) is 5.91 Å². The van der Waals surface area contributed by atoms with E-state index in [2.05, 4.69) is 4.90 Å². The maximum absolute atomic E-state index is 13.4. The number of aromatic nitrogens is 2. The number of benzene rings is 2. The summed E-state index contributed by atoms with van der Waals surface area (Å²) in [7, 11) is 1.65. The maximum atomic E-state index is 13.4. The number of carbonyl (C=O) groups is 1. The molecular weight excluding hydrogens is 452 g/mol. The molecule has 9 heteroatoms. The third kappa shape index (κ3) is 3.88. The number of piperazine rings is 1. The Hall–Kier alpha value is -3.85. The number of fused-ring (bicyclic) bond motifs is 1. The molecule has 34 heavy (non-hydrogen) atoms. The fourth-order valence-corrected chi connectivity index (χ4v) is 5.19. The molecular formula is C25H24N4O4S. The van der Waals surface area contributed by atoms with E-state index in [1.165, 1.54) is 15.9 Å². The van der Waals surface area contributed by atoms with Crippen molar-refractivity contribution in [3.63, 3.8) is 0 Å². The average Bonchev–Trinajstić information content (AvgIpc) is 3.37. The van der Waals surface area contributed by atoms with Crippen molar-refractivity contribution in [2.75, 3.05) is 38.2 Å². The number of nitrogens with zero attached hydrogens (tertiary/aromatic N) is 4. The standard InChI is InChI=1S/C25H24N4O4S/c1-33-21-10-6-5-9-19(21)26-12-14-27(15-13-26)22(30)17-28-20-11-16-34-23(20)24(31)29(25(28)32)18-7-3-2-4-8-18/h2-11,16H,12-15,17H2,1H3. The zero-order chi connectivity index (χ0) is 23.7. The summed E-state index contributed by atoms with van der Waals surface area (Å²) in [6, 6.07) is 18.4. The highest BCUT2D eigenvalue weighted by Crippen LogP contribution is 2.28. The van der Waals surface area contributed by atoms with Gasteiger partial charge >= 0.3 is 5.69 Å². The van der Waals surface area contributed by atoms with Crippen LogP contribution in [0.2, 0.25) is 0 Å². The largest absolute Gasteiger partial charge is 0.495 e. The summed E-state index contributed by atoms with van der Waals surface area (Å²) in [5.41, 5.74) is 1.11. The Morgan fingerprint density at radius 2 is 1.65 bits per heavy atom. The van der Waals surface area contributed by atoms with E-state index < -0.39 is 5.69 Å². The molecule has 4 aromatic rings. The van der Waals surface area contributed by atoms with Gasteiger partial charge in [-0.25, -0.2) is 9.36 Å². The van der Waals surface area contributed by atoms with Crippen molar-refractivity contribution < 1.29 is 9.53 Å². The summed E-state index contributed by atoms with van der Waals surface area (Å²) in [6.07, 6.45) is 0. The minimum absolute atomic E-state index is 0.117. The third-order valence-corrected chi connectivity index (χ3v) is 7.01. The molecule has 0 N–H and O–H groups in total. The van der Waals surface area contributed by atoms with E-state index in [0.29, 0.717) is 42.1 Å². The van der Waals surface area contributed by atoms with Crippen LogP contribution in [0.15, 0.2) is 75.6 Å². The molecule has 174 valence electrons. The first kappa shape index (κ1) is 22.0. The lowest BCUT2D eigenvalue weighted by Crippen LogP contribution is -2.50. The van der Waals surface area contributed by atoms with Crippen LogP contribution in [0.5, 0.6) is 5.75 Å². The number of anilines is 1. The molecule has 0 saturated carbocycles. The molecule has 0 atom stereocenters. The van der Waals surface area contributed by atoms with Crippen molar-refractivity contribution in [1.82, 2.24) is 14.0 Å². The Morgan fingerprint density at radius 3 is 2.38 bits per heavy atom. The van der Waals surface area contributed by atoms with Gasteiger partial charge in [-0.15, -0.1) is 11.3 Å². The third-order valence-electron chi connectivity index (χ3n) is 6.12. The monoisotopic (exact) mass is 476 g/mol. The Labute approximate surface area is 199 Å². The van der Waals surface area contributed by atoms with Crippen molar-refractivity contribution >= 4 is 33.1 Å². The molecule has 5 rings (SSSR count). The summed E-state index contributed by atoms with van der Waals surface area (Å²) in [4.78, 5) is 43.6. The highest BCUT2D eigenvalue weighted by Gasteiger charge is 2.25. The Bertz CT molecular complexity index is 1450. The lowest BCUT2D eigenvalue weighted by molar-refractivity contribution is -0.132. The zero-order valence-electron chi connectivity index (χ0n) is 18.7. The first-order valence-electron chi connectivity index (χ1n) is 11.0. The molecule has 0 spiro atoms. The summed E-state index contributed by atoms with van der Waals surface area (Å²) >= 11 is 1.27. The average molecular weight is 477 g/mol. The summed E-state index contributed by atoms with van der Waals surface area (Å²) in [6.45, 7) is 2.29. The number of ether oxygens (including phenoxy) is 1. The van der Waals surface area contributed by atoms with Gasteiger partial charge in [0.25, 0.3) is 5.56 Å². The van der Waals surface area contributed by atoms with E-state index in [1.54, 1.807) is 47.7 Å². The summed E-state index contributed by atoms with van der Waals surface area (Å²) < 4.78 is 8.48. The summed E-state index contributed by atoms with van der Waals surface area (Å²) in [5, 5.41) is 1.77. The fourth-order valence-electron chi connectivity index (χ4n) is 4.37. The van der Waals surface area contributed by atoms with Crippen LogP contribution in [-0.2, 0) is 11.3 Å². The van der Waals surface area contributed by atoms with Crippen molar-refractivity contribution in [2.24, 2.45) is 0 Å². The number of hydrogen-bond donors (Lipinski definition) is 0. The predicted molar refractivity (Wildman–Crippen MR) is 133 cm³/mol. The van der Waals surface area contributed by atoms with E-state index in [0.717, 1.165) is 16.0 Å². The van der Waals surface area contributed by atoms with Crippen molar-refractivity contribution in [1.29, 1.82) is 0 Å². The second-order valence-corrected chi connectivity index (χ2v) is 8.94. The Kier molecular flexibility index (Phi) is 5.93. The minimum Gasteiger partial charge on any atom is -0.495 e. The van der Waals surface area contributed by atoms with Crippen LogP contribution in [0.3, 0.4) is 0 Å². The van der Waals surface area contributed by atoms with Crippen LogP contribution in [-0.4, -0.2) is 53.2 Å². The quantitative estimate of drug-likeness (QED) is 0.443. The minimum atomic E-state index is -0.511. The molecule has 0 unspecified atom stereocenters. The molecule has 1 aliphatic rings. The normalized spacial score (nSPS) is 13.9. The molecule has 0 aliphatic carbocycles. The van der Waals surface area contributed by atoms with Gasteiger partial charge in [0, 0.05) is 26.2 Å². The smallest absolute Gasteiger partial charge is 0.336 e. The van der Waals surface area contributed by atoms with Crippen LogP contribution >= 0.6 is 11.3 Å². The Balaban J connectivity index is 1.40. The van der Waals surface area contributed by atoms with Crippen molar-refractivity contribution in [3.8, 4) is 11.4 Å². The van der Waals surface area contributed by atoms with Crippen LogP contribution < -0.4 is 20.9 Å². The van der Waals surface area contributed by atoms with Gasteiger partial charge in [0.15, 0.2) is 0 Å². The van der Waals surface area contributed by atoms with Gasteiger partial charge < -0.3 is 14.5 Å². The van der Waals surface area contributed by atoms with E-state index in [4.69, 9.17) is 4.74 Å². The highest BCUT2D eigenvalue weighted by atomic mass is 32.1. The van der Waals surface area contributed by atoms with Gasteiger partial charge in [-0.1, -0.05) is 30.3 Å². The molecule has 1 aliphatic heterocycles. The number of methoxy groups -OCH3 is 1. The van der Waals surface area contributed by atoms with E-state index >= 15 is 0 Å². The molecule has 8 nitrogen and oxygen atoms in total. The molecule has 2 aromatic carbocycles. The van der Waals surface area contributed by atoms with Gasteiger partial charge in [-0.3, -0.25) is 14.2 Å². The lowest BCUT2D eigenvalue weighted by Gasteiger charge is -2.36. The second-order valence-electron chi connectivity index (χ2n) is 8.02. The number of rotatable bonds is 5.